The van der Waals surface area contributed by atoms with E-state index in [4.69, 9.17) is 4.74 Å². The van der Waals surface area contributed by atoms with Crippen LogP contribution in [0.4, 0.5) is 26.0 Å². The number of fused-ring (bicyclic) bond motifs is 2. The molecule has 1 unspecified atom stereocenters. The molecule has 2 saturated carbocycles. The first-order valence-electron chi connectivity index (χ1n) is 24.4. The number of nitrogens with zero attached hydrogens (tertiary/aromatic N) is 8. The zero-order chi connectivity index (χ0) is 47.1. The van der Waals surface area contributed by atoms with Gasteiger partial charge in [0.1, 0.15) is 17.4 Å². The highest BCUT2D eigenvalue weighted by molar-refractivity contribution is 6.25. The minimum atomic E-state index is -2.88. The molecule has 0 radical (unpaired) electrons. The average molecular weight is 940 g/mol. The summed E-state index contributed by atoms with van der Waals surface area (Å²) in [6.45, 7) is 4.99. The van der Waals surface area contributed by atoms with Gasteiger partial charge in [-0.2, -0.15) is 10.2 Å². The summed E-state index contributed by atoms with van der Waals surface area (Å²) in [6, 6.07) is 5.79. The van der Waals surface area contributed by atoms with Crippen LogP contribution < -0.4 is 20.9 Å². The molecule has 5 fully saturated rings. The van der Waals surface area contributed by atoms with Crippen LogP contribution in [-0.2, 0) is 14.3 Å². The zero-order valence-corrected chi connectivity index (χ0v) is 38.0. The minimum absolute atomic E-state index is 0.0327. The summed E-state index contributed by atoms with van der Waals surface area (Å²) in [7, 11) is 0. The van der Waals surface area contributed by atoms with Gasteiger partial charge >= 0.3 is 0 Å². The van der Waals surface area contributed by atoms with Crippen LogP contribution in [0.2, 0.25) is 0 Å². The number of hydrogen-bond acceptors (Lipinski definition) is 13. The molecule has 1 aromatic carbocycles. The van der Waals surface area contributed by atoms with Crippen LogP contribution in [0.1, 0.15) is 139 Å². The Kier molecular flexibility index (Phi) is 13.2. The second-order valence-corrected chi connectivity index (χ2v) is 19.5. The molecule has 7 heterocycles. The Morgan fingerprint density at radius 1 is 0.897 bits per heavy atom. The van der Waals surface area contributed by atoms with Crippen molar-refractivity contribution in [1.82, 2.24) is 39.5 Å². The summed E-state index contributed by atoms with van der Waals surface area (Å²) in [5.74, 6) is -1.26. The number of likely N-dealkylation sites (tertiary alicyclic amines) is 1. The third-order valence-electron chi connectivity index (χ3n) is 15.1. The molecule has 20 heteroatoms. The maximum Gasteiger partial charge on any atom is 0.284 e. The maximum absolute atomic E-state index is 14.3. The smallest absolute Gasteiger partial charge is 0.284 e. The molecule has 6 aliphatic rings. The number of benzene rings is 1. The number of halogens is 2. The number of piperidine rings is 3. The van der Waals surface area contributed by atoms with Gasteiger partial charge in [0.15, 0.2) is 11.3 Å². The first kappa shape index (κ1) is 45.9. The summed E-state index contributed by atoms with van der Waals surface area (Å²) < 4.78 is 38.2. The van der Waals surface area contributed by atoms with E-state index in [1.807, 2.05) is 6.07 Å². The normalized spacial score (nSPS) is 25.6. The number of imide groups is 2. The number of aromatic nitrogens is 5. The van der Waals surface area contributed by atoms with Crippen LogP contribution in [0.25, 0.3) is 5.65 Å². The van der Waals surface area contributed by atoms with Crippen LogP contribution in [0.3, 0.4) is 0 Å². The van der Waals surface area contributed by atoms with Crippen molar-refractivity contribution in [3.63, 3.8) is 0 Å². The minimum Gasteiger partial charge on any atom is -0.391 e. The predicted octanol–water partition coefficient (Wildman–Crippen LogP) is 5.36. The van der Waals surface area contributed by atoms with Gasteiger partial charge in [0, 0.05) is 58.1 Å². The fourth-order valence-corrected chi connectivity index (χ4v) is 11.2. The average Bonchev–Trinajstić information content (AvgIpc) is 4.04. The van der Waals surface area contributed by atoms with Crippen LogP contribution >= 0.6 is 0 Å². The van der Waals surface area contributed by atoms with Crippen molar-refractivity contribution >= 4 is 52.4 Å². The number of nitrogens with one attached hydrogen (secondary N) is 3. The number of hydrogen-bond donors (Lipinski definition) is 4. The Morgan fingerprint density at radius 3 is 2.43 bits per heavy atom. The van der Waals surface area contributed by atoms with E-state index in [0.29, 0.717) is 60.6 Å². The molecule has 3 atom stereocenters. The lowest BCUT2D eigenvalue weighted by molar-refractivity contribution is -0.136. The molecule has 4 aromatic rings. The first-order chi connectivity index (χ1) is 33.0. The fourth-order valence-electron chi connectivity index (χ4n) is 11.2. The van der Waals surface area contributed by atoms with Gasteiger partial charge in [0.25, 0.3) is 24.1 Å². The zero-order valence-electron chi connectivity index (χ0n) is 38.0. The van der Waals surface area contributed by atoms with Gasteiger partial charge < -0.3 is 30.3 Å². The summed E-state index contributed by atoms with van der Waals surface area (Å²) in [5, 5.41) is 27.1. The molecule has 3 aromatic heterocycles. The highest BCUT2D eigenvalue weighted by atomic mass is 19.3. The Morgan fingerprint density at radius 2 is 1.68 bits per heavy atom. The summed E-state index contributed by atoms with van der Waals surface area (Å²) in [4.78, 5) is 75.1. The highest BCUT2D eigenvalue weighted by Gasteiger charge is 2.46. The molecule has 362 valence electrons. The van der Waals surface area contributed by atoms with E-state index in [0.717, 1.165) is 95.2 Å². The van der Waals surface area contributed by atoms with Gasteiger partial charge in [-0.1, -0.05) is 18.9 Å². The monoisotopic (exact) mass is 939 g/mol. The van der Waals surface area contributed by atoms with Gasteiger partial charge in [-0.3, -0.25) is 38.9 Å². The number of alkyl halides is 2. The number of aliphatic hydroxyl groups excluding tert-OH is 1. The third-order valence-corrected chi connectivity index (χ3v) is 15.1. The molecule has 5 amide bonds. The Hall–Kier alpha value is -5.86. The number of anilines is 3. The molecule has 0 spiro atoms. The van der Waals surface area contributed by atoms with E-state index in [1.54, 1.807) is 29.1 Å². The molecule has 0 bridgehead atoms. The fraction of sp³-hybridized carbons (Fsp3) is 0.583. The molecular weight excluding hydrogens is 881 g/mol. The van der Waals surface area contributed by atoms with Gasteiger partial charge in [-0.25, -0.2) is 18.3 Å². The van der Waals surface area contributed by atoms with Crippen LogP contribution in [0.15, 0.2) is 42.9 Å². The lowest BCUT2D eigenvalue weighted by Crippen LogP contribution is -2.54. The highest BCUT2D eigenvalue weighted by Crippen LogP contribution is 2.38. The standard InChI is InChI=1S/C48H59F2N11O7/c49-43(50)42-35(53-45(64)33-24-51-59-23-18-39(54-44(33)59)52-34-5-1-2-7-38(34)62)26-60(56-42)30-10-8-28(9-11-30)25-57-19-16-31(17-20-57)68-27-29-14-21-58(22-15-29)36-6-3-4-32-41(36)48(67)61(47(32)66)37-12-13-40(63)55-46(37)65/h3-4,6,18,23-24,26,28-31,34,37-38,43,62H,1-2,5,7-17,19-22,25,27H2,(H,52,54)(H,53,64)(H,55,63,65)/t28?,30?,34-,37?,38+/m1/s1. The number of rotatable bonds is 13. The molecule has 68 heavy (non-hydrogen) atoms. The van der Waals surface area contributed by atoms with Crippen molar-refractivity contribution < 1.29 is 42.6 Å². The van der Waals surface area contributed by atoms with Crippen molar-refractivity contribution in [3.05, 3.63) is 65.2 Å². The van der Waals surface area contributed by atoms with Crippen LogP contribution in [0.5, 0.6) is 0 Å². The van der Waals surface area contributed by atoms with E-state index in [9.17, 15) is 37.9 Å². The van der Waals surface area contributed by atoms with E-state index >= 15 is 0 Å². The van der Waals surface area contributed by atoms with Gasteiger partial charge in [0.05, 0.1) is 53.0 Å². The number of carbonyl (C=O) groups is 5. The second-order valence-electron chi connectivity index (χ2n) is 19.5. The molecule has 2 aliphatic carbocycles. The van der Waals surface area contributed by atoms with Crippen molar-refractivity contribution in [2.24, 2.45) is 11.8 Å². The van der Waals surface area contributed by atoms with E-state index in [-0.39, 0.29) is 47.9 Å². The van der Waals surface area contributed by atoms with E-state index in [2.05, 4.69) is 40.9 Å². The Bertz CT molecular complexity index is 2540. The second kappa shape index (κ2) is 19.6. The summed E-state index contributed by atoms with van der Waals surface area (Å²) in [6.07, 6.45) is 12.2. The SMILES string of the molecule is O=C1CCC(N2C(=O)c3cccc(N4CCC(COC5CCN(CC6CCC(n7cc(NC(=O)c8cnn9ccc(N[C@@H]%10CCCC[C@@H]%10O)nc89)c(C(F)F)n7)CC6)CC5)CC4)c3C2=O)C(=O)N1. The number of ether oxygens (including phenoxy) is 1. The van der Waals surface area contributed by atoms with Crippen molar-refractivity contribution in [2.75, 3.05) is 54.9 Å². The lowest BCUT2D eigenvalue weighted by atomic mass is 9.85. The van der Waals surface area contributed by atoms with Crippen LogP contribution in [-0.4, -0.2) is 132 Å². The number of aliphatic hydroxyl groups is 1. The van der Waals surface area contributed by atoms with E-state index in [1.165, 1.54) is 16.9 Å². The quantitative estimate of drug-likeness (QED) is 0.125. The van der Waals surface area contributed by atoms with Gasteiger partial charge in [0.2, 0.25) is 11.8 Å². The number of amides is 5. The summed E-state index contributed by atoms with van der Waals surface area (Å²) >= 11 is 0. The third kappa shape index (κ3) is 9.46. The van der Waals surface area contributed by atoms with Gasteiger partial charge in [-0.15, -0.1) is 0 Å². The molecule has 4 N–H and O–H groups in total. The van der Waals surface area contributed by atoms with E-state index < -0.39 is 53.8 Å². The van der Waals surface area contributed by atoms with Crippen LogP contribution in [0, 0.1) is 11.8 Å². The Balaban J connectivity index is 0.660. The largest absolute Gasteiger partial charge is 0.391 e. The molecule has 10 rings (SSSR count). The van der Waals surface area contributed by atoms with Gasteiger partial charge in [-0.05, 0) is 101 Å². The summed E-state index contributed by atoms with van der Waals surface area (Å²) in [5.41, 5.74) is 1.22. The number of carbonyl (C=O) groups excluding carboxylic acids is 5. The lowest BCUT2D eigenvalue weighted by Gasteiger charge is -2.38. The molecule has 4 aliphatic heterocycles. The topological polar surface area (TPSA) is 209 Å². The first-order valence-corrected chi connectivity index (χ1v) is 24.4. The molecule has 3 saturated heterocycles. The maximum atomic E-state index is 14.3. The molecular formula is C48H59F2N11O7. The van der Waals surface area contributed by atoms with Crippen molar-refractivity contribution in [2.45, 2.75) is 127 Å². The predicted molar refractivity (Wildman–Crippen MR) is 244 cm³/mol. The molecule has 18 nitrogen and oxygen atoms in total. The van der Waals surface area contributed by atoms with Crippen molar-refractivity contribution in [3.8, 4) is 0 Å². The Labute approximate surface area is 392 Å². The van der Waals surface area contributed by atoms with Crippen molar-refractivity contribution in [1.29, 1.82) is 0 Å².